The van der Waals surface area contributed by atoms with Crippen LogP contribution < -0.4 is 5.32 Å². The van der Waals surface area contributed by atoms with Crippen molar-refractivity contribution in [3.8, 4) is 0 Å². The van der Waals surface area contributed by atoms with Gasteiger partial charge >= 0.3 is 0 Å². The Balaban J connectivity index is 1.73. The van der Waals surface area contributed by atoms with Gasteiger partial charge in [-0.1, -0.05) is 25.7 Å². The van der Waals surface area contributed by atoms with Crippen molar-refractivity contribution < 1.29 is 4.79 Å². The molecule has 2 aliphatic rings. The van der Waals surface area contributed by atoms with Gasteiger partial charge in [0.2, 0.25) is 5.91 Å². The fraction of sp³-hybridized carbons (Fsp3) is 0.917. The van der Waals surface area contributed by atoms with Gasteiger partial charge in [0.15, 0.2) is 0 Å². The quantitative estimate of drug-likeness (QED) is 0.760. The summed E-state index contributed by atoms with van der Waals surface area (Å²) in [6.45, 7) is 1.94. The summed E-state index contributed by atoms with van der Waals surface area (Å²) in [6.07, 6.45) is 7.78. The summed E-state index contributed by atoms with van der Waals surface area (Å²) >= 11 is 0. The van der Waals surface area contributed by atoms with Crippen LogP contribution in [0.4, 0.5) is 0 Å². The van der Waals surface area contributed by atoms with E-state index in [9.17, 15) is 4.79 Å². The fourth-order valence-corrected chi connectivity index (χ4v) is 2.87. The van der Waals surface area contributed by atoms with Gasteiger partial charge in [0.1, 0.15) is 0 Å². The second-order valence-corrected chi connectivity index (χ2v) is 4.89. The molecule has 1 aliphatic carbocycles. The normalized spacial score (nSPS) is 27.9. The minimum absolute atomic E-state index is 0.0913. The number of hydrogen-bond acceptors (Lipinski definition) is 2. The first kappa shape index (κ1) is 10.9. The summed E-state index contributed by atoms with van der Waals surface area (Å²) < 4.78 is 0. The lowest BCUT2D eigenvalue weighted by atomic mass is 10.0. The first-order chi connectivity index (χ1) is 7.31. The number of carbonyl (C=O) groups excluding carboxylic acids is 1. The van der Waals surface area contributed by atoms with Crippen molar-refractivity contribution >= 4 is 5.91 Å². The monoisotopic (exact) mass is 210 g/mol. The molecular weight excluding hydrogens is 188 g/mol. The molecule has 2 fully saturated rings. The van der Waals surface area contributed by atoms with Crippen molar-refractivity contribution in [3.05, 3.63) is 0 Å². The molecule has 1 heterocycles. The van der Waals surface area contributed by atoms with Crippen molar-refractivity contribution in [3.63, 3.8) is 0 Å². The third kappa shape index (κ3) is 2.51. The molecule has 3 nitrogen and oxygen atoms in total. The Morgan fingerprint density at radius 2 is 2.07 bits per heavy atom. The van der Waals surface area contributed by atoms with Gasteiger partial charge in [-0.15, -0.1) is 0 Å². The lowest BCUT2D eigenvalue weighted by Gasteiger charge is -2.18. The molecule has 1 N–H and O–H groups in total. The first-order valence-corrected chi connectivity index (χ1v) is 6.27. The van der Waals surface area contributed by atoms with Gasteiger partial charge in [0.05, 0.1) is 6.04 Å². The smallest absolute Gasteiger partial charge is 0.239 e. The number of nitrogens with one attached hydrogen (secondary N) is 1. The van der Waals surface area contributed by atoms with E-state index in [-0.39, 0.29) is 6.04 Å². The van der Waals surface area contributed by atoms with Gasteiger partial charge in [0.25, 0.3) is 0 Å². The first-order valence-electron chi connectivity index (χ1n) is 6.27. The Kier molecular flexibility index (Phi) is 3.62. The van der Waals surface area contributed by atoms with Crippen molar-refractivity contribution in [2.24, 2.45) is 5.92 Å². The molecule has 2 rings (SSSR count). The van der Waals surface area contributed by atoms with E-state index in [0.29, 0.717) is 5.91 Å². The third-order valence-electron chi connectivity index (χ3n) is 3.93. The predicted octanol–water partition coefficient (Wildman–Crippen LogP) is 1.39. The van der Waals surface area contributed by atoms with Crippen molar-refractivity contribution in [1.82, 2.24) is 10.2 Å². The van der Waals surface area contributed by atoms with E-state index in [0.717, 1.165) is 25.4 Å². The van der Waals surface area contributed by atoms with Crippen LogP contribution >= 0.6 is 0 Å². The van der Waals surface area contributed by atoms with Crippen LogP contribution in [-0.4, -0.2) is 37.0 Å². The molecular formula is C12H22N2O. The van der Waals surface area contributed by atoms with Gasteiger partial charge in [-0.2, -0.15) is 0 Å². The summed E-state index contributed by atoms with van der Waals surface area (Å²) in [5.74, 6) is 1.21. The SMILES string of the molecule is CNC1CCN(CCC2CCCC2)C1=O. The number of likely N-dealkylation sites (N-methyl/N-ethyl adjacent to an activating group) is 1. The molecule has 1 aliphatic heterocycles. The number of amides is 1. The highest BCUT2D eigenvalue weighted by atomic mass is 16.2. The highest BCUT2D eigenvalue weighted by Crippen LogP contribution is 2.28. The summed E-state index contributed by atoms with van der Waals surface area (Å²) in [6, 6.07) is 0.0913. The second-order valence-electron chi connectivity index (χ2n) is 4.89. The van der Waals surface area contributed by atoms with Gasteiger partial charge < -0.3 is 10.2 Å². The maximum Gasteiger partial charge on any atom is 0.239 e. The summed E-state index contributed by atoms with van der Waals surface area (Å²) in [5, 5.41) is 3.08. The van der Waals surface area contributed by atoms with Crippen LogP contribution in [0.25, 0.3) is 0 Å². The minimum atomic E-state index is 0.0913. The zero-order valence-electron chi connectivity index (χ0n) is 9.67. The van der Waals surface area contributed by atoms with Crippen LogP contribution in [0.2, 0.25) is 0 Å². The lowest BCUT2D eigenvalue weighted by molar-refractivity contribution is -0.129. The van der Waals surface area contributed by atoms with Crippen LogP contribution in [0.1, 0.15) is 38.5 Å². The highest BCUT2D eigenvalue weighted by molar-refractivity contribution is 5.83. The maximum atomic E-state index is 11.8. The summed E-state index contributed by atoms with van der Waals surface area (Å²) in [5.41, 5.74) is 0. The lowest BCUT2D eigenvalue weighted by Crippen LogP contribution is -2.37. The largest absolute Gasteiger partial charge is 0.341 e. The predicted molar refractivity (Wildman–Crippen MR) is 60.6 cm³/mol. The Morgan fingerprint density at radius 1 is 1.33 bits per heavy atom. The van der Waals surface area contributed by atoms with Crippen molar-refractivity contribution in [1.29, 1.82) is 0 Å². The number of hydrogen-bond donors (Lipinski definition) is 1. The molecule has 15 heavy (non-hydrogen) atoms. The van der Waals surface area contributed by atoms with Crippen LogP contribution in [0.15, 0.2) is 0 Å². The molecule has 1 saturated carbocycles. The van der Waals surface area contributed by atoms with Gasteiger partial charge in [-0.25, -0.2) is 0 Å². The average Bonchev–Trinajstić information content (AvgIpc) is 2.85. The number of rotatable bonds is 4. The Labute approximate surface area is 92.2 Å². The average molecular weight is 210 g/mol. The molecule has 1 unspecified atom stereocenters. The zero-order valence-corrected chi connectivity index (χ0v) is 9.67. The molecule has 1 atom stereocenters. The van der Waals surface area contributed by atoms with E-state index in [1.54, 1.807) is 0 Å². The van der Waals surface area contributed by atoms with E-state index < -0.39 is 0 Å². The van der Waals surface area contributed by atoms with E-state index >= 15 is 0 Å². The van der Waals surface area contributed by atoms with E-state index in [1.165, 1.54) is 32.1 Å². The van der Waals surface area contributed by atoms with Gasteiger partial charge in [-0.05, 0) is 25.8 Å². The summed E-state index contributed by atoms with van der Waals surface area (Å²) in [7, 11) is 1.88. The van der Waals surface area contributed by atoms with Crippen molar-refractivity contribution in [2.45, 2.75) is 44.6 Å². The molecule has 0 aromatic carbocycles. The second kappa shape index (κ2) is 4.97. The number of likely N-dealkylation sites (tertiary alicyclic amines) is 1. The molecule has 0 bridgehead atoms. The molecule has 0 radical (unpaired) electrons. The molecule has 0 spiro atoms. The Morgan fingerprint density at radius 3 is 2.67 bits per heavy atom. The zero-order chi connectivity index (χ0) is 10.7. The molecule has 86 valence electrons. The molecule has 0 aromatic heterocycles. The number of carbonyl (C=O) groups is 1. The molecule has 1 saturated heterocycles. The highest BCUT2D eigenvalue weighted by Gasteiger charge is 2.30. The summed E-state index contributed by atoms with van der Waals surface area (Å²) in [4.78, 5) is 13.8. The van der Waals surface area contributed by atoms with E-state index in [2.05, 4.69) is 5.32 Å². The van der Waals surface area contributed by atoms with E-state index in [1.807, 2.05) is 11.9 Å². The number of nitrogens with zero attached hydrogens (tertiary/aromatic N) is 1. The van der Waals surface area contributed by atoms with Gasteiger partial charge in [0, 0.05) is 13.1 Å². The maximum absolute atomic E-state index is 11.8. The van der Waals surface area contributed by atoms with Crippen molar-refractivity contribution in [2.75, 3.05) is 20.1 Å². The molecule has 1 amide bonds. The standard InChI is InChI=1S/C12H22N2O/c1-13-11-7-9-14(12(11)15)8-6-10-4-2-3-5-10/h10-11,13H,2-9H2,1H3. The van der Waals surface area contributed by atoms with Crippen LogP contribution in [-0.2, 0) is 4.79 Å². The minimum Gasteiger partial charge on any atom is -0.341 e. The third-order valence-corrected chi connectivity index (χ3v) is 3.93. The Bertz CT molecular complexity index is 224. The van der Waals surface area contributed by atoms with Crippen LogP contribution in [0.5, 0.6) is 0 Å². The topological polar surface area (TPSA) is 32.3 Å². The molecule has 3 heteroatoms. The van der Waals surface area contributed by atoms with Crippen LogP contribution in [0.3, 0.4) is 0 Å². The molecule has 0 aromatic rings. The van der Waals surface area contributed by atoms with E-state index in [4.69, 9.17) is 0 Å². The fourth-order valence-electron chi connectivity index (χ4n) is 2.87. The van der Waals surface area contributed by atoms with Gasteiger partial charge in [-0.3, -0.25) is 4.79 Å². The van der Waals surface area contributed by atoms with Crippen LogP contribution in [0, 0.1) is 5.92 Å². The Hall–Kier alpha value is -0.570.